The van der Waals surface area contributed by atoms with Crippen molar-refractivity contribution >= 4 is 0 Å². The van der Waals surface area contributed by atoms with E-state index in [0.29, 0.717) is 0 Å². The Morgan fingerprint density at radius 1 is 0.615 bits per heavy atom. The Morgan fingerprint density at radius 3 is 1.54 bits per heavy atom. The third-order valence-corrected chi connectivity index (χ3v) is 5.60. The average molecular weight is 361 g/mol. The first kappa shape index (κ1) is 23.2. The molecule has 1 rings (SSSR count). The zero-order valence-electron chi connectivity index (χ0n) is 18.0. The van der Waals surface area contributed by atoms with E-state index in [2.05, 4.69) is 42.9 Å². The van der Waals surface area contributed by atoms with Gasteiger partial charge in [-0.25, -0.2) is 4.57 Å². The Morgan fingerprint density at radius 2 is 1.08 bits per heavy atom. The third kappa shape index (κ3) is 13.4. The summed E-state index contributed by atoms with van der Waals surface area (Å²) in [6.07, 6.45) is 28.8. The van der Waals surface area contributed by atoms with Crippen molar-refractivity contribution in [3.05, 3.63) is 30.1 Å². The Bertz CT molecular complexity index is 412. The molecular formula is C25H46N+. The van der Waals surface area contributed by atoms with Gasteiger partial charge in [-0.15, -0.1) is 0 Å². The Labute approximate surface area is 164 Å². The first-order valence-corrected chi connectivity index (χ1v) is 11.8. The summed E-state index contributed by atoms with van der Waals surface area (Å²) in [4.78, 5) is 0. The summed E-state index contributed by atoms with van der Waals surface area (Å²) in [6.45, 7) is 5.58. The monoisotopic (exact) mass is 360 g/mol. The molecule has 150 valence electrons. The molecule has 0 aromatic carbocycles. The van der Waals surface area contributed by atoms with Crippen molar-refractivity contribution in [3.8, 4) is 0 Å². The van der Waals surface area contributed by atoms with Gasteiger partial charge < -0.3 is 0 Å². The highest BCUT2D eigenvalue weighted by Gasteiger charge is 2.00. The summed E-state index contributed by atoms with van der Waals surface area (Å²) in [6, 6.07) is 4.46. The van der Waals surface area contributed by atoms with Gasteiger partial charge in [-0.2, -0.15) is 0 Å². The van der Waals surface area contributed by atoms with E-state index in [0.717, 1.165) is 6.54 Å². The number of hydrogen-bond acceptors (Lipinski definition) is 0. The molecule has 1 aromatic rings. The number of aryl methyl sites for hydroxylation is 2. The quantitative estimate of drug-likeness (QED) is 0.186. The maximum absolute atomic E-state index is 2.31. The van der Waals surface area contributed by atoms with Crippen LogP contribution in [0.3, 0.4) is 0 Å². The molecule has 26 heavy (non-hydrogen) atoms. The lowest BCUT2D eigenvalue weighted by Gasteiger charge is -2.04. The first-order chi connectivity index (χ1) is 12.9. The van der Waals surface area contributed by atoms with Crippen LogP contribution >= 0.6 is 0 Å². The molecule has 0 saturated carbocycles. The van der Waals surface area contributed by atoms with E-state index < -0.39 is 0 Å². The molecule has 0 amide bonds. The highest BCUT2D eigenvalue weighted by atomic mass is 14.9. The minimum atomic E-state index is 1.08. The Balaban J connectivity index is 1.78. The van der Waals surface area contributed by atoms with E-state index in [9.17, 15) is 0 Å². The fourth-order valence-corrected chi connectivity index (χ4v) is 3.80. The summed E-state index contributed by atoms with van der Waals surface area (Å²) < 4.78 is 2.28. The van der Waals surface area contributed by atoms with Crippen molar-refractivity contribution in [2.24, 2.45) is 0 Å². The first-order valence-electron chi connectivity index (χ1n) is 11.8. The van der Waals surface area contributed by atoms with Gasteiger partial charge in [0, 0.05) is 11.6 Å². The van der Waals surface area contributed by atoms with Gasteiger partial charge >= 0.3 is 0 Å². The van der Waals surface area contributed by atoms with Crippen molar-refractivity contribution in [2.75, 3.05) is 0 Å². The van der Waals surface area contributed by atoms with Gasteiger partial charge in [0.2, 0.25) is 0 Å². The Hall–Kier alpha value is -0.850. The zero-order chi connectivity index (χ0) is 18.7. The number of nitrogens with zero attached hydrogens (tertiary/aromatic N) is 1. The van der Waals surface area contributed by atoms with Crippen LogP contribution in [0.5, 0.6) is 0 Å². The normalized spacial score (nSPS) is 11.2. The summed E-state index contributed by atoms with van der Waals surface area (Å²) in [5.41, 5.74) is 1.50. The highest BCUT2D eigenvalue weighted by Crippen LogP contribution is 2.14. The summed E-state index contributed by atoms with van der Waals surface area (Å²) >= 11 is 0. The van der Waals surface area contributed by atoms with Gasteiger partial charge in [0.25, 0.3) is 0 Å². The molecule has 0 spiro atoms. The maximum Gasteiger partial charge on any atom is 0.171 e. The van der Waals surface area contributed by atoms with Crippen molar-refractivity contribution < 1.29 is 4.57 Å². The fraction of sp³-hybridized carbons (Fsp3) is 0.800. The van der Waals surface area contributed by atoms with Crippen LogP contribution in [0.15, 0.2) is 24.5 Å². The molecule has 1 heteroatoms. The van der Waals surface area contributed by atoms with Crippen LogP contribution in [0.1, 0.15) is 122 Å². The number of aromatic nitrogens is 1. The lowest BCUT2D eigenvalue weighted by atomic mass is 10.0. The predicted octanol–water partition coefficient (Wildman–Crippen LogP) is 7.80. The van der Waals surface area contributed by atoms with Gasteiger partial charge in [-0.3, -0.25) is 0 Å². The third-order valence-electron chi connectivity index (χ3n) is 5.60. The van der Waals surface area contributed by atoms with Crippen LogP contribution in [0, 0.1) is 0 Å². The molecular weight excluding hydrogens is 314 g/mol. The van der Waals surface area contributed by atoms with Gasteiger partial charge in [-0.05, 0) is 25.8 Å². The van der Waals surface area contributed by atoms with Crippen LogP contribution < -0.4 is 4.57 Å². The summed E-state index contributed by atoms with van der Waals surface area (Å²) in [5, 5.41) is 0. The van der Waals surface area contributed by atoms with Gasteiger partial charge in [-0.1, -0.05) is 103 Å². The number of rotatable bonds is 18. The van der Waals surface area contributed by atoms with Crippen LogP contribution in [-0.4, -0.2) is 0 Å². The molecule has 0 bridgehead atoms. The van der Waals surface area contributed by atoms with E-state index in [1.807, 2.05) is 0 Å². The van der Waals surface area contributed by atoms with E-state index in [-0.39, 0.29) is 0 Å². The predicted molar refractivity (Wildman–Crippen MR) is 116 cm³/mol. The van der Waals surface area contributed by atoms with Crippen LogP contribution in [0.2, 0.25) is 0 Å². The lowest BCUT2D eigenvalue weighted by molar-refractivity contribution is -0.694. The number of hydrogen-bond donors (Lipinski definition) is 0. The van der Waals surface area contributed by atoms with Crippen LogP contribution in [0.25, 0.3) is 0 Å². The molecule has 0 fully saturated rings. The van der Waals surface area contributed by atoms with Gasteiger partial charge in [0.05, 0.1) is 0 Å². The molecule has 0 unspecified atom stereocenters. The maximum atomic E-state index is 2.31. The molecule has 0 saturated heterocycles. The minimum Gasteiger partial charge on any atom is -0.205 e. The molecule has 0 atom stereocenters. The second-order valence-electron chi connectivity index (χ2n) is 8.10. The molecule has 0 aliphatic carbocycles. The van der Waals surface area contributed by atoms with Crippen LogP contribution in [0.4, 0.5) is 0 Å². The Kier molecular flexibility index (Phi) is 15.7. The smallest absolute Gasteiger partial charge is 0.171 e. The molecule has 1 aromatic heterocycles. The topological polar surface area (TPSA) is 3.88 Å². The van der Waals surface area contributed by atoms with Crippen molar-refractivity contribution in [1.82, 2.24) is 0 Å². The summed E-state index contributed by atoms with van der Waals surface area (Å²) in [7, 11) is 0. The molecule has 0 N–H and O–H groups in total. The number of unbranched alkanes of at least 4 members (excludes halogenated alkanes) is 15. The van der Waals surface area contributed by atoms with Crippen molar-refractivity contribution in [1.29, 1.82) is 0 Å². The lowest BCUT2D eigenvalue weighted by Crippen LogP contribution is -2.31. The van der Waals surface area contributed by atoms with E-state index in [4.69, 9.17) is 0 Å². The fourth-order valence-electron chi connectivity index (χ4n) is 3.80. The van der Waals surface area contributed by atoms with E-state index in [1.165, 1.54) is 115 Å². The second kappa shape index (κ2) is 17.6. The van der Waals surface area contributed by atoms with Gasteiger partial charge in [0.15, 0.2) is 12.4 Å². The van der Waals surface area contributed by atoms with Crippen molar-refractivity contribution in [3.63, 3.8) is 0 Å². The van der Waals surface area contributed by atoms with Crippen molar-refractivity contribution in [2.45, 2.75) is 130 Å². The average Bonchev–Trinajstić information content (AvgIpc) is 2.68. The molecule has 1 heterocycles. The highest BCUT2D eigenvalue weighted by molar-refractivity contribution is 5.05. The minimum absolute atomic E-state index is 1.08. The zero-order valence-corrected chi connectivity index (χ0v) is 18.0. The second-order valence-corrected chi connectivity index (χ2v) is 8.10. The molecule has 1 nitrogen and oxygen atoms in total. The molecule has 0 radical (unpaired) electrons. The van der Waals surface area contributed by atoms with Crippen LogP contribution in [-0.2, 0) is 13.0 Å². The SMILES string of the molecule is CCCCCCCCCCCCCCCCCCc1ccc[n+](CC)c1. The van der Waals surface area contributed by atoms with Gasteiger partial charge in [0.1, 0.15) is 6.54 Å². The largest absolute Gasteiger partial charge is 0.205 e. The molecule has 0 aliphatic rings. The van der Waals surface area contributed by atoms with E-state index in [1.54, 1.807) is 0 Å². The standard InChI is InChI=1S/C25H46N/c1-3-5-6-7-8-9-10-11-12-13-14-15-16-17-18-19-21-25-22-20-23-26(4-2)24-25/h20,22-24H,3-19,21H2,1-2H3/q+1. The summed E-state index contributed by atoms with van der Waals surface area (Å²) in [5.74, 6) is 0. The number of pyridine rings is 1. The molecule has 0 aliphatic heterocycles. The van der Waals surface area contributed by atoms with E-state index >= 15 is 0 Å².